The van der Waals surface area contributed by atoms with Gasteiger partial charge in [-0.15, -0.1) is 0 Å². The van der Waals surface area contributed by atoms with Crippen molar-refractivity contribution in [1.29, 1.82) is 0 Å². The van der Waals surface area contributed by atoms with E-state index in [1.165, 1.54) is 6.92 Å². The predicted octanol–water partition coefficient (Wildman–Crippen LogP) is 2.09. The van der Waals surface area contributed by atoms with Gasteiger partial charge in [-0.3, -0.25) is 9.59 Å². The van der Waals surface area contributed by atoms with Gasteiger partial charge < -0.3 is 10.6 Å². The van der Waals surface area contributed by atoms with Crippen LogP contribution >= 0.6 is 0 Å². The maximum atomic E-state index is 11.8. The summed E-state index contributed by atoms with van der Waals surface area (Å²) in [5.74, 6) is -0.171. The van der Waals surface area contributed by atoms with Gasteiger partial charge in [0.15, 0.2) is 0 Å². The van der Waals surface area contributed by atoms with Gasteiger partial charge in [0, 0.05) is 13.5 Å². The summed E-state index contributed by atoms with van der Waals surface area (Å²) in [5, 5.41) is 5.65. The first-order valence-corrected chi connectivity index (χ1v) is 6.63. The Hall–Kier alpha value is -1.84. The highest BCUT2D eigenvalue weighted by Crippen LogP contribution is 2.17. The number of aryl methyl sites for hydroxylation is 1. The van der Waals surface area contributed by atoms with Gasteiger partial charge in [0.2, 0.25) is 11.8 Å². The van der Waals surface area contributed by atoms with Crippen molar-refractivity contribution in [2.24, 2.45) is 0 Å². The maximum Gasteiger partial charge on any atom is 0.222 e. The zero-order valence-electron chi connectivity index (χ0n) is 11.8. The number of carbonyl (C=O) groups excluding carboxylic acids is 2. The first-order chi connectivity index (χ1) is 9.02. The quantitative estimate of drug-likeness (QED) is 0.824. The van der Waals surface area contributed by atoms with E-state index in [9.17, 15) is 9.59 Å². The zero-order chi connectivity index (χ0) is 14.3. The van der Waals surface area contributed by atoms with Gasteiger partial charge in [0.05, 0.1) is 12.5 Å². The number of hydrogen-bond acceptors (Lipinski definition) is 2. The Balaban J connectivity index is 2.74. The molecular weight excluding hydrogens is 240 g/mol. The fraction of sp³-hybridized carbons (Fsp3) is 0.467. The fourth-order valence-corrected chi connectivity index (χ4v) is 1.82. The van der Waals surface area contributed by atoms with Crippen LogP contribution in [0.1, 0.15) is 43.9 Å². The standard InChI is InChI=1S/C15H22N2O2/c1-4-9-16-15(19)10-14(17-12(3)18)13-7-5-11(2)6-8-13/h5-8,14H,4,9-10H2,1-3H3,(H,16,19)(H,17,18)/t14-/m1/s1. The third kappa shape index (κ3) is 5.55. The smallest absolute Gasteiger partial charge is 0.222 e. The largest absolute Gasteiger partial charge is 0.356 e. The lowest BCUT2D eigenvalue weighted by Gasteiger charge is -2.18. The van der Waals surface area contributed by atoms with Crippen LogP contribution in [0.5, 0.6) is 0 Å². The van der Waals surface area contributed by atoms with Gasteiger partial charge in [0.1, 0.15) is 0 Å². The maximum absolute atomic E-state index is 11.8. The van der Waals surface area contributed by atoms with Gasteiger partial charge >= 0.3 is 0 Å². The number of hydrogen-bond donors (Lipinski definition) is 2. The van der Waals surface area contributed by atoms with Gasteiger partial charge in [-0.05, 0) is 18.9 Å². The van der Waals surface area contributed by atoms with E-state index in [0.29, 0.717) is 6.54 Å². The molecule has 4 heteroatoms. The van der Waals surface area contributed by atoms with Crippen molar-refractivity contribution in [2.45, 2.75) is 39.7 Å². The number of carbonyl (C=O) groups is 2. The van der Waals surface area contributed by atoms with E-state index in [0.717, 1.165) is 17.5 Å². The number of amides is 2. The summed E-state index contributed by atoms with van der Waals surface area (Å²) >= 11 is 0. The highest BCUT2D eigenvalue weighted by Gasteiger charge is 2.16. The molecule has 2 amide bonds. The molecule has 0 saturated carbocycles. The van der Waals surface area contributed by atoms with Crippen LogP contribution in [0, 0.1) is 6.92 Å². The average molecular weight is 262 g/mol. The monoisotopic (exact) mass is 262 g/mol. The number of nitrogens with one attached hydrogen (secondary N) is 2. The van der Waals surface area contributed by atoms with Crippen LogP contribution in [0.3, 0.4) is 0 Å². The van der Waals surface area contributed by atoms with E-state index in [4.69, 9.17) is 0 Å². The molecule has 0 aromatic heterocycles. The second kappa shape index (κ2) is 7.56. The molecule has 0 radical (unpaired) electrons. The van der Waals surface area contributed by atoms with E-state index in [2.05, 4.69) is 10.6 Å². The molecule has 0 unspecified atom stereocenters. The van der Waals surface area contributed by atoms with E-state index in [1.54, 1.807) is 0 Å². The molecule has 2 N–H and O–H groups in total. The van der Waals surface area contributed by atoms with E-state index >= 15 is 0 Å². The molecule has 1 atom stereocenters. The van der Waals surface area contributed by atoms with Crippen LogP contribution in [0.4, 0.5) is 0 Å². The molecule has 1 aromatic rings. The predicted molar refractivity (Wildman–Crippen MR) is 75.7 cm³/mol. The Bertz CT molecular complexity index is 426. The Morgan fingerprint density at radius 1 is 1.21 bits per heavy atom. The third-order valence-electron chi connectivity index (χ3n) is 2.82. The molecule has 104 valence electrons. The van der Waals surface area contributed by atoms with Crippen LogP contribution < -0.4 is 10.6 Å². The van der Waals surface area contributed by atoms with E-state index in [-0.39, 0.29) is 24.3 Å². The molecule has 0 spiro atoms. The summed E-state index contributed by atoms with van der Waals surface area (Å²) in [6.07, 6.45) is 1.17. The Morgan fingerprint density at radius 3 is 2.37 bits per heavy atom. The van der Waals surface area contributed by atoms with Gasteiger partial charge in [-0.1, -0.05) is 36.8 Å². The van der Waals surface area contributed by atoms with Crippen molar-refractivity contribution >= 4 is 11.8 Å². The zero-order valence-corrected chi connectivity index (χ0v) is 11.8. The minimum absolute atomic E-state index is 0.0406. The van der Waals surface area contributed by atoms with Crippen LogP contribution in [0.2, 0.25) is 0 Å². The van der Waals surface area contributed by atoms with Gasteiger partial charge in [0.25, 0.3) is 0 Å². The van der Waals surface area contributed by atoms with Crippen LogP contribution in [-0.4, -0.2) is 18.4 Å². The van der Waals surface area contributed by atoms with Gasteiger partial charge in [-0.2, -0.15) is 0 Å². The normalized spacial score (nSPS) is 11.7. The third-order valence-corrected chi connectivity index (χ3v) is 2.82. The number of benzene rings is 1. The lowest BCUT2D eigenvalue weighted by Crippen LogP contribution is -2.32. The molecule has 0 saturated heterocycles. The topological polar surface area (TPSA) is 58.2 Å². The highest BCUT2D eigenvalue weighted by atomic mass is 16.2. The minimum Gasteiger partial charge on any atom is -0.356 e. The van der Waals surface area contributed by atoms with Crippen LogP contribution in [0.15, 0.2) is 24.3 Å². The van der Waals surface area contributed by atoms with Crippen LogP contribution in [0.25, 0.3) is 0 Å². The van der Waals surface area contributed by atoms with Crippen molar-refractivity contribution in [1.82, 2.24) is 10.6 Å². The SMILES string of the molecule is CCCNC(=O)C[C@@H](NC(C)=O)c1ccc(C)cc1. The molecule has 0 aliphatic rings. The first kappa shape index (κ1) is 15.2. The molecule has 1 rings (SSSR count). The fourth-order valence-electron chi connectivity index (χ4n) is 1.82. The summed E-state index contributed by atoms with van der Waals surface area (Å²) in [6, 6.07) is 7.59. The molecule has 0 bridgehead atoms. The van der Waals surface area contributed by atoms with E-state index in [1.807, 2.05) is 38.1 Å². The summed E-state index contributed by atoms with van der Waals surface area (Å²) in [7, 11) is 0. The molecule has 0 heterocycles. The lowest BCUT2D eigenvalue weighted by atomic mass is 10.0. The molecule has 0 fully saturated rings. The van der Waals surface area contributed by atoms with Gasteiger partial charge in [-0.25, -0.2) is 0 Å². The summed E-state index contributed by atoms with van der Waals surface area (Å²) in [6.45, 7) is 6.14. The Kier molecular flexibility index (Phi) is 6.06. The molecule has 1 aromatic carbocycles. The van der Waals surface area contributed by atoms with Crippen molar-refractivity contribution < 1.29 is 9.59 Å². The minimum atomic E-state index is -0.269. The highest BCUT2D eigenvalue weighted by molar-refractivity contribution is 5.79. The second-order valence-electron chi connectivity index (χ2n) is 4.72. The number of rotatable bonds is 6. The van der Waals surface area contributed by atoms with E-state index < -0.39 is 0 Å². The summed E-state index contributed by atoms with van der Waals surface area (Å²) < 4.78 is 0. The first-order valence-electron chi connectivity index (χ1n) is 6.63. The summed E-state index contributed by atoms with van der Waals surface area (Å²) in [5.41, 5.74) is 2.10. The molecule has 19 heavy (non-hydrogen) atoms. The lowest BCUT2D eigenvalue weighted by molar-refractivity contribution is -0.122. The molecular formula is C15H22N2O2. The Morgan fingerprint density at radius 2 is 1.84 bits per heavy atom. The van der Waals surface area contributed by atoms with Crippen molar-refractivity contribution in [3.05, 3.63) is 35.4 Å². The Labute approximate surface area is 114 Å². The molecule has 0 aliphatic heterocycles. The average Bonchev–Trinajstić information content (AvgIpc) is 2.36. The molecule has 4 nitrogen and oxygen atoms in total. The summed E-state index contributed by atoms with van der Waals surface area (Å²) in [4.78, 5) is 23.0. The van der Waals surface area contributed by atoms with Crippen LogP contribution in [-0.2, 0) is 9.59 Å². The van der Waals surface area contributed by atoms with Crippen molar-refractivity contribution in [3.63, 3.8) is 0 Å². The van der Waals surface area contributed by atoms with Crippen molar-refractivity contribution in [3.8, 4) is 0 Å². The second-order valence-corrected chi connectivity index (χ2v) is 4.72. The molecule has 0 aliphatic carbocycles. The van der Waals surface area contributed by atoms with Crippen molar-refractivity contribution in [2.75, 3.05) is 6.54 Å².